The Hall–Kier alpha value is -2.03. The molecule has 3 nitrogen and oxygen atoms in total. The fourth-order valence-electron chi connectivity index (χ4n) is 4.52. The van der Waals surface area contributed by atoms with Gasteiger partial charge in [0.1, 0.15) is 5.60 Å². The van der Waals surface area contributed by atoms with E-state index in [2.05, 4.69) is 106 Å². The molecule has 4 heteroatoms. The molecule has 3 atom stereocenters. The standard InChI is InChI=1S/C26H30NO2P/c1-27-18-24(17-23(27)19-28-2)29-26(20-9-5-3-6-10-20,21-11-7-4-8-12-21)22-13-15-25(30)16-14-22/h3-16,23-24H,17-19,30H2,1-2H3. The van der Waals surface area contributed by atoms with Crippen LogP contribution in [0.5, 0.6) is 0 Å². The topological polar surface area (TPSA) is 21.7 Å². The first-order valence-corrected chi connectivity index (χ1v) is 11.1. The largest absolute Gasteiger partial charge is 0.383 e. The van der Waals surface area contributed by atoms with Crippen LogP contribution < -0.4 is 5.30 Å². The van der Waals surface area contributed by atoms with Crippen molar-refractivity contribution in [2.45, 2.75) is 24.2 Å². The Morgan fingerprint density at radius 1 is 0.867 bits per heavy atom. The molecule has 0 aliphatic carbocycles. The highest BCUT2D eigenvalue weighted by Crippen LogP contribution is 2.42. The van der Waals surface area contributed by atoms with Gasteiger partial charge in [-0.05, 0) is 35.5 Å². The quantitative estimate of drug-likeness (QED) is 0.423. The molecular formula is C26H30NO2P. The molecule has 3 unspecified atom stereocenters. The van der Waals surface area contributed by atoms with Crippen LogP contribution in [0.2, 0.25) is 0 Å². The number of rotatable bonds is 7. The lowest BCUT2D eigenvalue weighted by atomic mass is 9.80. The van der Waals surface area contributed by atoms with Crippen LogP contribution in [0.25, 0.3) is 0 Å². The number of benzene rings is 3. The fourth-order valence-corrected chi connectivity index (χ4v) is 4.71. The Balaban J connectivity index is 1.84. The molecule has 1 heterocycles. The Bertz CT molecular complexity index is 891. The average Bonchev–Trinajstić information content (AvgIpc) is 3.13. The second-order valence-electron chi connectivity index (χ2n) is 8.06. The Kier molecular flexibility index (Phi) is 6.65. The lowest BCUT2D eigenvalue weighted by molar-refractivity contribution is -0.0413. The van der Waals surface area contributed by atoms with Gasteiger partial charge in [-0.15, -0.1) is 9.24 Å². The second kappa shape index (κ2) is 9.41. The zero-order chi connectivity index (χ0) is 21.0. The van der Waals surface area contributed by atoms with Crippen molar-refractivity contribution in [1.82, 2.24) is 4.90 Å². The molecule has 0 N–H and O–H groups in total. The summed E-state index contributed by atoms with van der Waals surface area (Å²) < 4.78 is 12.6. The number of hydrogen-bond donors (Lipinski definition) is 0. The highest BCUT2D eigenvalue weighted by Gasteiger charge is 2.42. The van der Waals surface area contributed by atoms with Crippen LogP contribution in [0, 0.1) is 0 Å². The summed E-state index contributed by atoms with van der Waals surface area (Å²) in [4.78, 5) is 2.35. The van der Waals surface area contributed by atoms with Crippen molar-refractivity contribution >= 4 is 14.5 Å². The summed E-state index contributed by atoms with van der Waals surface area (Å²) >= 11 is 0. The lowest BCUT2D eigenvalue weighted by Gasteiger charge is -2.38. The number of nitrogens with zero attached hydrogens (tertiary/aromatic N) is 1. The number of likely N-dealkylation sites (tertiary alicyclic amines) is 1. The van der Waals surface area contributed by atoms with Gasteiger partial charge in [0.25, 0.3) is 0 Å². The molecule has 1 saturated heterocycles. The maximum atomic E-state index is 7.14. The minimum atomic E-state index is -0.672. The van der Waals surface area contributed by atoms with Gasteiger partial charge < -0.3 is 9.47 Å². The van der Waals surface area contributed by atoms with E-state index in [0.29, 0.717) is 6.04 Å². The van der Waals surface area contributed by atoms with Crippen LogP contribution >= 0.6 is 9.24 Å². The average molecular weight is 420 g/mol. The molecule has 0 spiro atoms. The van der Waals surface area contributed by atoms with Crippen LogP contribution in [0.15, 0.2) is 84.9 Å². The minimum Gasteiger partial charge on any atom is -0.383 e. The van der Waals surface area contributed by atoms with Crippen LogP contribution in [0.1, 0.15) is 23.1 Å². The van der Waals surface area contributed by atoms with Gasteiger partial charge >= 0.3 is 0 Å². The van der Waals surface area contributed by atoms with Crippen LogP contribution in [-0.4, -0.2) is 44.4 Å². The summed E-state index contributed by atoms with van der Waals surface area (Å²) in [7, 11) is 6.70. The first-order valence-electron chi connectivity index (χ1n) is 10.5. The Morgan fingerprint density at radius 2 is 1.40 bits per heavy atom. The van der Waals surface area contributed by atoms with Crippen LogP contribution in [0.3, 0.4) is 0 Å². The zero-order valence-electron chi connectivity index (χ0n) is 17.7. The molecule has 0 amide bonds. The molecule has 3 aromatic carbocycles. The van der Waals surface area contributed by atoms with E-state index in [1.807, 2.05) is 0 Å². The van der Waals surface area contributed by atoms with E-state index in [1.54, 1.807) is 7.11 Å². The van der Waals surface area contributed by atoms with Gasteiger partial charge in [-0.2, -0.15) is 0 Å². The summed E-state index contributed by atoms with van der Waals surface area (Å²) in [5, 5.41) is 1.16. The zero-order valence-corrected chi connectivity index (χ0v) is 18.9. The Morgan fingerprint density at radius 3 is 1.93 bits per heavy atom. The van der Waals surface area contributed by atoms with E-state index < -0.39 is 5.60 Å². The van der Waals surface area contributed by atoms with E-state index >= 15 is 0 Å². The van der Waals surface area contributed by atoms with Crippen molar-refractivity contribution in [3.05, 3.63) is 102 Å². The molecule has 0 saturated carbocycles. The molecule has 30 heavy (non-hydrogen) atoms. The molecular weight excluding hydrogens is 389 g/mol. The van der Waals surface area contributed by atoms with Gasteiger partial charge in [0.05, 0.1) is 12.7 Å². The molecule has 0 bridgehead atoms. The van der Waals surface area contributed by atoms with Gasteiger partial charge in [0.2, 0.25) is 0 Å². The highest BCUT2D eigenvalue weighted by atomic mass is 31.0. The normalized spacial score (nSPS) is 19.8. The van der Waals surface area contributed by atoms with Gasteiger partial charge in [0.15, 0.2) is 0 Å². The maximum Gasteiger partial charge on any atom is 0.144 e. The minimum absolute atomic E-state index is 0.103. The molecule has 1 aliphatic heterocycles. The number of hydrogen-bond acceptors (Lipinski definition) is 3. The third-order valence-electron chi connectivity index (χ3n) is 6.03. The molecule has 0 radical (unpaired) electrons. The molecule has 4 rings (SSSR count). The summed E-state index contributed by atoms with van der Waals surface area (Å²) in [5.41, 5.74) is 2.76. The first-order chi connectivity index (χ1) is 14.6. The van der Waals surface area contributed by atoms with Gasteiger partial charge in [0, 0.05) is 19.7 Å². The second-order valence-corrected chi connectivity index (χ2v) is 8.73. The Labute approximate surface area is 182 Å². The van der Waals surface area contributed by atoms with E-state index in [4.69, 9.17) is 9.47 Å². The maximum absolute atomic E-state index is 7.14. The fraction of sp³-hybridized carbons (Fsp3) is 0.308. The van der Waals surface area contributed by atoms with E-state index in [1.165, 1.54) is 0 Å². The van der Waals surface area contributed by atoms with Crippen LogP contribution in [0.4, 0.5) is 0 Å². The van der Waals surface area contributed by atoms with E-state index in [0.717, 1.165) is 41.6 Å². The van der Waals surface area contributed by atoms with Crippen molar-refractivity contribution in [2.75, 3.05) is 27.3 Å². The molecule has 156 valence electrons. The predicted octanol–water partition coefficient (Wildman–Crippen LogP) is 4.21. The number of likely N-dealkylation sites (N-methyl/N-ethyl adjacent to an activating group) is 1. The molecule has 3 aromatic rings. The van der Waals surface area contributed by atoms with Gasteiger partial charge in [-0.25, -0.2) is 0 Å². The van der Waals surface area contributed by atoms with Crippen LogP contribution in [-0.2, 0) is 15.1 Å². The van der Waals surface area contributed by atoms with Crippen molar-refractivity contribution < 1.29 is 9.47 Å². The van der Waals surface area contributed by atoms with E-state index in [-0.39, 0.29) is 6.10 Å². The van der Waals surface area contributed by atoms with Crippen molar-refractivity contribution in [3.63, 3.8) is 0 Å². The third-order valence-corrected chi connectivity index (χ3v) is 6.42. The monoisotopic (exact) mass is 419 g/mol. The molecule has 0 aromatic heterocycles. The SMILES string of the molecule is COCC1CC(OC(c2ccccc2)(c2ccccc2)c2ccc(P)cc2)CN1C. The summed E-state index contributed by atoms with van der Waals surface area (Å²) in [6.07, 6.45) is 1.05. The molecule has 1 aliphatic rings. The first kappa shape index (κ1) is 21.2. The summed E-state index contributed by atoms with van der Waals surface area (Å²) in [6, 6.07) is 30.2. The lowest BCUT2D eigenvalue weighted by Crippen LogP contribution is -2.38. The van der Waals surface area contributed by atoms with Crippen molar-refractivity contribution in [2.24, 2.45) is 0 Å². The smallest absolute Gasteiger partial charge is 0.144 e. The molecule has 1 fully saturated rings. The van der Waals surface area contributed by atoms with Crippen molar-refractivity contribution in [1.29, 1.82) is 0 Å². The van der Waals surface area contributed by atoms with E-state index in [9.17, 15) is 0 Å². The van der Waals surface area contributed by atoms with Gasteiger partial charge in [-0.3, -0.25) is 4.90 Å². The third kappa shape index (κ3) is 4.22. The summed E-state index contributed by atoms with van der Waals surface area (Å²) in [5.74, 6) is 0. The number of ether oxygens (including phenoxy) is 2. The summed E-state index contributed by atoms with van der Waals surface area (Å²) in [6.45, 7) is 1.61. The predicted molar refractivity (Wildman–Crippen MR) is 126 cm³/mol. The van der Waals surface area contributed by atoms with Crippen molar-refractivity contribution in [3.8, 4) is 0 Å². The number of methoxy groups -OCH3 is 1. The van der Waals surface area contributed by atoms with Gasteiger partial charge in [-0.1, -0.05) is 84.9 Å². The highest BCUT2D eigenvalue weighted by molar-refractivity contribution is 7.27.